The van der Waals surface area contributed by atoms with E-state index in [1.54, 1.807) is 0 Å². The molecule has 0 saturated carbocycles. The van der Waals surface area contributed by atoms with Crippen LogP contribution in [0.25, 0.3) is 11.0 Å². The van der Waals surface area contributed by atoms with Gasteiger partial charge in [-0.05, 0) is 18.1 Å². The predicted octanol–water partition coefficient (Wildman–Crippen LogP) is 2.06. The summed E-state index contributed by atoms with van der Waals surface area (Å²) in [6.45, 7) is 8.57. The molecule has 1 aromatic heterocycles. The van der Waals surface area contributed by atoms with Crippen molar-refractivity contribution < 1.29 is 4.79 Å². The molecule has 1 aliphatic rings. The summed E-state index contributed by atoms with van der Waals surface area (Å²) in [5, 5.41) is 3.29. The summed E-state index contributed by atoms with van der Waals surface area (Å²) in [7, 11) is 0. The summed E-state index contributed by atoms with van der Waals surface area (Å²) in [6.07, 6.45) is 1.49. The zero-order valence-electron chi connectivity index (χ0n) is 14.1. The van der Waals surface area contributed by atoms with E-state index in [4.69, 9.17) is 4.98 Å². The molecule has 0 spiro atoms. The average molecular weight is 314 g/mol. The maximum absolute atomic E-state index is 12.4. The fourth-order valence-corrected chi connectivity index (χ4v) is 3.18. The van der Waals surface area contributed by atoms with Crippen molar-refractivity contribution in [1.82, 2.24) is 19.8 Å². The number of piperazine rings is 1. The van der Waals surface area contributed by atoms with E-state index in [0.717, 1.165) is 49.5 Å². The molecule has 0 atom stereocenters. The molecule has 0 aliphatic carbocycles. The van der Waals surface area contributed by atoms with Crippen molar-refractivity contribution >= 4 is 16.9 Å². The number of fused-ring (bicyclic) bond motifs is 1. The number of carbonyl (C=O) groups excluding carboxylic acids is 1. The van der Waals surface area contributed by atoms with Gasteiger partial charge in [0.25, 0.3) is 0 Å². The Kier molecular flexibility index (Phi) is 4.96. The van der Waals surface area contributed by atoms with Crippen molar-refractivity contribution in [1.29, 1.82) is 0 Å². The van der Waals surface area contributed by atoms with Gasteiger partial charge in [0.15, 0.2) is 0 Å². The van der Waals surface area contributed by atoms with Gasteiger partial charge in [0.2, 0.25) is 5.91 Å². The number of nitrogens with zero attached hydrogens (tertiary/aromatic N) is 3. The van der Waals surface area contributed by atoms with Gasteiger partial charge in [-0.25, -0.2) is 4.98 Å². The zero-order chi connectivity index (χ0) is 16.2. The number of carbonyl (C=O) groups is 1. The molecule has 0 bridgehead atoms. The van der Waals surface area contributed by atoms with Crippen LogP contribution >= 0.6 is 0 Å². The maximum atomic E-state index is 12.4. The smallest absolute Gasteiger partial charge is 0.224 e. The van der Waals surface area contributed by atoms with Crippen LogP contribution in [0.3, 0.4) is 0 Å². The van der Waals surface area contributed by atoms with Crippen LogP contribution in [0.15, 0.2) is 24.3 Å². The van der Waals surface area contributed by atoms with Crippen LogP contribution < -0.4 is 5.32 Å². The second-order valence-electron chi connectivity index (χ2n) is 6.65. The molecule has 5 heteroatoms. The summed E-state index contributed by atoms with van der Waals surface area (Å²) in [5.41, 5.74) is 2.16. The maximum Gasteiger partial charge on any atom is 0.224 e. The number of hydrogen-bond acceptors (Lipinski definition) is 3. The highest BCUT2D eigenvalue weighted by atomic mass is 16.2. The molecule has 2 heterocycles. The van der Waals surface area contributed by atoms with Gasteiger partial charge in [-0.1, -0.05) is 26.0 Å². The molecule has 2 aromatic rings. The van der Waals surface area contributed by atoms with Crippen molar-refractivity contribution in [2.24, 2.45) is 5.92 Å². The minimum Gasteiger partial charge on any atom is -0.340 e. The third-order valence-electron chi connectivity index (χ3n) is 4.34. The molecule has 124 valence electrons. The van der Waals surface area contributed by atoms with Gasteiger partial charge in [-0.3, -0.25) is 4.79 Å². The van der Waals surface area contributed by atoms with Crippen LogP contribution in [0, 0.1) is 5.92 Å². The van der Waals surface area contributed by atoms with Crippen molar-refractivity contribution in [3.05, 3.63) is 30.1 Å². The number of para-hydroxylation sites is 2. The predicted molar refractivity (Wildman–Crippen MR) is 92.3 cm³/mol. The summed E-state index contributed by atoms with van der Waals surface area (Å²) in [5.74, 6) is 1.89. The minimum atomic E-state index is 0.250. The van der Waals surface area contributed by atoms with E-state index in [0.29, 0.717) is 18.9 Å². The summed E-state index contributed by atoms with van der Waals surface area (Å²) >= 11 is 0. The number of amides is 1. The van der Waals surface area contributed by atoms with Crippen LogP contribution in [0.2, 0.25) is 0 Å². The lowest BCUT2D eigenvalue weighted by Gasteiger charge is -2.27. The average Bonchev–Trinajstić information content (AvgIpc) is 2.90. The Hall–Kier alpha value is -1.88. The van der Waals surface area contributed by atoms with E-state index in [1.807, 2.05) is 23.1 Å². The molecule has 1 amide bonds. The number of rotatable bonds is 5. The van der Waals surface area contributed by atoms with E-state index in [9.17, 15) is 4.79 Å². The van der Waals surface area contributed by atoms with E-state index < -0.39 is 0 Å². The zero-order valence-corrected chi connectivity index (χ0v) is 14.1. The molecule has 0 radical (unpaired) electrons. The van der Waals surface area contributed by atoms with Gasteiger partial charge >= 0.3 is 0 Å². The molecular formula is C18H26N4O. The Balaban J connectivity index is 1.76. The number of hydrogen-bond donors (Lipinski definition) is 1. The van der Waals surface area contributed by atoms with Crippen LogP contribution in [0.4, 0.5) is 0 Å². The standard InChI is InChI=1S/C18H26N4O/c1-14(2)13-17-20-15-5-3-4-6-16(15)22(17)10-7-18(23)21-11-8-19-9-12-21/h3-6,14,19H,7-13H2,1-2H3. The van der Waals surface area contributed by atoms with Gasteiger partial charge in [0.1, 0.15) is 5.82 Å². The Bertz CT molecular complexity index is 671. The molecule has 23 heavy (non-hydrogen) atoms. The van der Waals surface area contributed by atoms with Crippen molar-refractivity contribution in [2.45, 2.75) is 33.2 Å². The molecule has 1 N–H and O–H groups in total. The normalized spacial score (nSPS) is 15.5. The second kappa shape index (κ2) is 7.13. The molecule has 1 aliphatic heterocycles. The van der Waals surface area contributed by atoms with Crippen molar-refractivity contribution in [3.63, 3.8) is 0 Å². The Morgan fingerprint density at radius 2 is 2.00 bits per heavy atom. The topological polar surface area (TPSA) is 50.2 Å². The highest BCUT2D eigenvalue weighted by Gasteiger charge is 2.18. The molecule has 5 nitrogen and oxygen atoms in total. The lowest BCUT2D eigenvalue weighted by Crippen LogP contribution is -2.46. The van der Waals surface area contributed by atoms with E-state index in [-0.39, 0.29) is 5.91 Å². The van der Waals surface area contributed by atoms with E-state index in [2.05, 4.69) is 29.8 Å². The minimum absolute atomic E-state index is 0.250. The van der Waals surface area contributed by atoms with Gasteiger partial charge < -0.3 is 14.8 Å². The SMILES string of the molecule is CC(C)Cc1nc2ccccc2n1CCC(=O)N1CCNCC1. The quantitative estimate of drug-likeness (QED) is 0.919. The van der Waals surface area contributed by atoms with Crippen molar-refractivity contribution in [3.8, 4) is 0 Å². The number of aryl methyl sites for hydroxylation is 1. The van der Waals surface area contributed by atoms with Crippen molar-refractivity contribution in [2.75, 3.05) is 26.2 Å². The highest BCUT2D eigenvalue weighted by molar-refractivity contribution is 5.78. The largest absolute Gasteiger partial charge is 0.340 e. The first-order valence-corrected chi connectivity index (χ1v) is 8.58. The Morgan fingerprint density at radius 3 is 2.74 bits per heavy atom. The van der Waals surface area contributed by atoms with Crippen LogP contribution in [-0.2, 0) is 17.8 Å². The molecule has 1 saturated heterocycles. The summed E-state index contributed by atoms with van der Waals surface area (Å²) < 4.78 is 2.23. The third-order valence-corrected chi connectivity index (χ3v) is 4.34. The second-order valence-corrected chi connectivity index (χ2v) is 6.65. The molecule has 1 fully saturated rings. The Morgan fingerprint density at radius 1 is 1.26 bits per heavy atom. The third kappa shape index (κ3) is 3.72. The van der Waals surface area contributed by atoms with E-state index in [1.165, 1.54) is 0 Å². The van der Waals surface area contributed by atoms with E-state index >= 15 is 0 Å². The van der Waals surface area contributed by atoms with Gasteiger partial charge in [0.05, 0.1) is 11.0 Å². The first kappa shape index (κ1) is 16.0. The fraction of sp³-hybridized carbons (Fsp3) is 0.556. The monoisotopic (exact) mass is 314 g/mol. The summed E-state index contributed by atoms with van der Waals surface area (Å²) in [4.78, 5) is 19.2. The molecular weight excluding hydrogens is 288 g/mol. The lowest BCUT2D eigenvalue weighted by molar-refractivity contribution is -0.131. The van der Waals surface area contributed by atoms with Gasteiger partial charge in [-0.2, -0.15) is 0 Å². The molecule has 1 aromatic carbocycles. The molecule has 0 unspecified atom stereocenters. The number of nitrogens with one attached hydrogen (secondary N) is 1. The van der Waals surface area contributed by atoms with Crippen LogP contribution in [-0.4, -0.2) is 46.5 Å². The van der Waals surface area contributed by atoms with Crippen LogP contribution in [0.1, 0.15) is 26.1 Å². The number of aromatic nitrogens is 2. The first-order valence-electron chi connectivity index (χ1n) is 8.58. The Labute approximate surface area is 137 Å². The lowest BCUT2D eigenvalue weighted by atomic mass is 10.1. The molecule has 3 rings (SSSR count). The first-order chi connectivity index (χ1) is 11.1. The fourth-order valence-electron chi connectivity index (χ4n) is 3.18. The number of benzene rings is 1. The van der Waals surface area contributed by atoms with Gasteiger partial charge in [-0.15, -0.1) is 0 Å². The highest BCUT2D eigenvalue weighted by Crippen LogP contribution is 2.19. The summed E-state index contributed by atoms with van der Waals surface area (Å²) in [6, 6.07) is 8.21. The number of imidazole rings is 1. The van der Waals surface area contributed by atoms with Crippen LogP contribution in [0.5, 0.6) is 0 Å². The van der Waals surface area contributed by atoms with Gasteiger partial charge in [0, 0.05) is 45.6 Å².